The van der Waals surface area contributed by atoms with Crippen molar-refractivity contribution in [1.29, 1.82) is 0 Å². The summed E-state index contributed by atoms with van der Waals surface area (Å²) in [5.41, 5.74) is 0.724. The molecule has 2 N–H and O–H groups in total. The maximum absolute atomic E-state index is 13.5. The molecule has 3 rings (SSSR count). The number of benzene rings is 3. The number of sulfonamides is 1. The molecule has 0 aromatic heterocycles. The molecule has 1 amide bonds. The Morgan fingerprint density at radius 2 is 1.69 bits per heavy atom. The molecule has 1 unspecified atom stereocenters. The minimum absolute atomic E-state index is 0.0683. The highest BCUT2D eigenvalue weighted by atomic mass is 32.2. The van der Waals surface area contributed by atoms with Gasteiger partial charge < -0.3 is 10.1 Å². The summed E-state index contributed by atoms with van der Waals surface area (Å²) in [5, 5.41) is 2.57. The van der Waals surface area contributed by atoms with E-state index in [1.807, 2.05) is 0 Å². The predicted octanol–water partition coefficient (Wildman–Crippen LogP) is 4.32. The highest BCUT2D eigenvalue weighted by Gasteiger charge is 2.23. The summed E-state index contributed by atoms with van der Waals surface area (Å²) in [4.78, 5) is 36.6. The van der Waals surface area contributed by atoms with Gasteiger partial charge in [0.05, 0.1) is 16.1 Å². The van der Waals surface area contributed by atoms with E-state index in [2.05, 4.69) is 10.0 Å². The average molecular weight is 499 g/mol. The first-order valence-electron chi connectivity index (χ1n) is 10.5. The largest absolute Gasteiger partial charge is 0.449 e. The van der Waals surface area contributed by atoms with E-state index in [1.165, 1.54) is 57.2 Å². The van der Waals surface area contributed by atoms with Crippen LogP contribution in [0.1, 0.15) is 40.1 Å². The van der Waals surface area contributed by atoms with E-state index >= 15 is 0 Å². The summed E-state index contributed by atoms with van der Waals surface area (Å²) in [7, 11) is -4.14. The van der Waals surface area contributed by atoms with Gasteiger partial charge in [0, 0.05) is 11.3 Å². The second kappa shape index (κ2) is 10.5. The molecule has 0 saturated heterocycles. The topological polar surface area (TPSA) is 119 Å². The molecular formula is C25H23FN2O6S. The van der Waals surface area contributed by atoms with Gasteiger partial charge in [0.15, 0.2) is 11.9 Å². The van der Waals surface area contributed by atoms with E-state index in [-0.39, 0.29) is 27.5 Å². The second-order valence-corrected chi connectivity index (χ2v) is 9.42. The van der Waals surface area contributed by atoms with Gasteiger partial charge >= 0.3 is 5.97 Å². The van der Waals surface area contributed by atoms with Crippen LogP contribution >= 0.6 is 0 Å². The molecule has 0 aliphatic heterocycles. The van der Waals surface area contributed by atoms with Crippen molar-refractivity contribution in [2.75, 3.05) is 10.0 Å². The summed E-state index contributed by atoms with van der Waals surface area (Å²) < 4.78 is 46.6. The summed E-state index contributed by atoms with van der Waals surface area (Å²) in [5.74, 6) is -2.29. The number of anilines is 2. The molecule has 1 atom stereocenters. The zero-order chi connectivity index (χ0) is 25.8. The molecule has 35 heavy (non-hydrogen) atoms. The SMILES string of the molecule is CC(=O)c1cccc(NC(=O)C(C)OC(=O)c2ccccc2NS(=O)(=O)c2ccc(F)c(C)c2)c1. The molecule has 0 aliphatic rings. The Morgan fingerprint density at radius 3 is 2.37 bits per heavy atom. The normalized spacial score (nSPS) is 11.9. The molecule has 3 aromatic carbocycles. The van der Waals surface area contributed by atoms with Gasteiger partial charge in [-0.05, 0) is 68.8 Å². The van der Waals surface area contributed by atoms with Crippen molar-refractivity contribution in [3.8, 4) is 0 Å². The van der Waals surface area contributed by atoms with Crippen LogP contribution < -0.4 is 10.0 Å². The van der Waals surface area contributed by atoms with Gasteiger partial charge in [0.25, 0.3) is 15.9 Å². The number of rotatable bonds is 8. The summed E-state index contributed by atoms with van der Waals surface area (Å²) in [6.07, 6.45) is -1.23. The maximum atomic E-state index is 13.5. The first kappa shape index (κ1) is 25.6. The fourth-order valence-corrected chi connectivity index (χ4v) is 4.24. The third-order valence-electron chi connectivity index (χ3n) is 5.02. The molecule has 0 spiro atoms. The lowest BCUT2D eigenvalue weighted by Gasteiger charge is -2.16. The fourth-order valence-electron chi connectivity index (χ4n) is 3.08. The van der Waals surface area contributed by atoms with Crippen LogP contribution in [0.3, 0.4) is 0 Å². The van der Waals surface area contributed by atoms with Crippen LogP contribution in [0.2, 0.25) is 0 Å². The van der Waals surface area contributed by atoms with Gasteiger partial charge in [-0.25, -0.2) is 17.6 Å². The number of carbonyl (C=O) groups is 3. The molecule has 0 saturated carbocycles. The number of Topliss-reactive ketones (excluding diaryl/α,β-unsaturated/α-hetero) is 1. The van der Waals surface area contributed by atoms with Crippen molar-refractivity contribution < 1.29 is 31.9 Å². The Balaban J connectivity index is 1.74. The van der Waals surface area contributed by atoms with Crippen LogP contribution in [0.25, 0.3) is 0 Å². The lowest BCUT2D eigenvalue weighted by molar-refractivity contribution is -0.123. The number of ketones is 1. The third kappa shape index (κ3) is 6.30. The lowest BCUT2D eigenvalue weighted by Crippen LogP contribution is -2.30. The quantitative estimate of drug-likeness (QED) is 0.353. The molecule has 3 aromatic rings. The number of ether oxygens (including phenoxy) is 1. The van der Waals surface area contributed by atoms with Gasteiger partial charge in [0.2, 0.25) is 0 Å². The Hall–Kier alpha value is -4.05. The first-order chi connectivity index (χ1) is 16.5. The number of para-hydroxylation sites is 1. The Bertz CT molecular complexity index is 1400. The molecule has 8 nitrogen and oxygen atoms in total. The van der Waals surface area contributed by atoms with E-state index in [4.69, 9.17) is 4.74 Å². The van der Waals surface area contributed by atoms with Crippen LogP contribution in [0.15, 0.2) is 71.6 Å². The second-order valence-electron chi connectivity index (χ2n) is 7.74. The number of hydrogen-bond donors (Lipinski definition) is 2. The summed E-state index contributed by atoms with van der Waals surface area (Å²) in [6, 6.07) is 15.3. The van der Waals surface area contributed by atoms with E-state index in [1.54, 1.807) is 18.2 Å². The third-order valence-corrected chi connectivity index (χ3v) is 6.38. The number of hydrogen-bond acceptors (Lipinski definition) is 6. The van der Waals surface area contributed by atoms with E-state index in [0.29, 0.717) is 11.3 Å². The molecular weight excluding hydrogens is 475 g/mol. The van der Waals surface area contributed by atoms with Gasteiger partial charge in [-0.15, -0.1) is 0 Å². The minimum Gasteiger partial charge on any atom is -0.449 e. The molecule has 10 heteroatoms. The van der Waals surface area contributed by atoms with Crippen molar-refractivity contribution in [2.45, 2.75) is 31.8 Å². The molecule has 0 bridgehead atoms. The number of amides is 1. The Kier molecular flexibility index (Phi) is 7.65. The molecule has 0 fully saturated rings. The van der Waals surface area contributed by atoms with Crippen molar-refractivity contribution >= 4 is 39.1 Å². The summed E-state index contributed by atoms with van der Waals surface area (Å²) in [6.45, 7) is 4.19. The number of nitrogens with one attached hydrogen (secondary N) is 2. The molecule has 0 heterocycles. The monoisotopic (exact) mass is 498 g/mol. The Labute approximate surface area is 202 Å². The van der Waals surface area contributed by atoms with Gasteiger partial charge in [-0.3, -0.25) is 14.3 Å². The number of aryl methyl sites for hydroxylation is 1. The number of carbonyl (C=O) groups excluding carboxylic acids is 3. The van der Waals surface area contributed by atoms with Crippen molar-refractivity contribution in [3.63, 3.8) is 0 Å². The highest BCUT2D eigenvalue weighted by molar-refractivity contribution is 7.92. The smallest absolute Gasteiger partial charge is 0.341 e. The van der Waals surface area contributed by atoms with Crippen molar-refractivity contribution in [3.05, 3.63) is 89.2 Å². The molecule has 182 valence electrons. The zero-order valence-electron chi connectivity index (χ0n) is 19.2. The van der Waals surface area contributed by atoms with Crippen LogP contribution in [0.5, 0.6) is 0 Å². The average Bonchev–Trinajstić information content (AvgIpc) is 2.80. The van der Waals surface area contributed by atoms with Crippen LogP contribution in [-0.2, 0) is 19.6 Å². The minimum atomic E-state index is -4.14. The van der Waals surface area contributed by atoms with Gasteiger partial charge in [0.1, 0.15) is 5.82 Å². The fraction of sp³-hybridized carbons (Fsp3) is 0.160. The van der Waals surface area contributed by atoms with E-state index < -0.39 is 33.8 Å². The van der Waals surface area contributed by atoms with Crippen LogP contribution in [0.4, 0.5) is 15.8 Å². The first-order valence-corrected chi connectivity index (χ1v) is 12.0. The molecule has 0 aliphatic carbocycles. The Morgan fingerprint density at radius 1 is 0.971 bits per heavy atom. The van der Waals surface area contributed by atoms with Gasteiger partial charge in [-0.2, -0.15) is 0 Å². The van der Waals surface area contributed by atoms with E-state index in [0.717, 1.165) is 12.1 Å². The highest BCUT2D eigenvalue weighted by Crippen LogP contribution is 2.23. The summed E-state index contributed by atoms with van der Waals surface area (Å²) >= 11 is 0. The van der Waals surface area contributed by atoms with Crippen molar-refractivity contribution in [1.82, 2.24) is 0 Å². The number of esters is 1. The van der Waals surface area contributed by atoms with Crippen molar-refractivity contribution in [2.24, 2.45) is 0 Å². The van der Waals surface area contributed by atoms with Crippen LogP contribution in [-0.4, -0.2) is 32.2 Å². The standard InChI is InChI=1S/C25H23FN2O6S/c1-15-13-20(11-12-22(15)26)35(32,33)28-23-10-5-4-9-21(23)25(31)34-17(3)24(30)27-19-8-6-7-18(14-19)16(2)29/h4-14,17,28H,1-3H3,(H,27,30). The lowest BCUT2D eigenvalue weighted by atomic mass is 10.1. The van der Waals surface area contributed by atoms with Crippen LogP contribution in [0, 0.1) is 12.7 Å². The number of halogens is 1. The van der Waals surface area contributed by atoms with E-state index in [9.17, 15) is 27.2 Å². The van der Waals surface area contributed by atoms with Gasteiger partial charge in [-0.1, -0.05) is 24.3 Å². The maximum Gasteiger partial charge on any atom is 0.341 e. The molecule has 0 radical (unpaired) electrons. The zero-order valence-corrected chi connectivity index (χ0v) is 20.0. The predicted molar refractivity (Wildman–Crippen MR) is 128 cm³/mol.